The average molecular weight is 228 g/mol. The molecule has 0 spiro atoms. The van der Waals surface area contributed by atoms with Crippen molar-refractivity contribution in [3.8, 4) is 11.1 Å². The van der Waals surface area contributed by atoms with Crippen molar-refractivity contribution < 1.29 is 4.79 Å². The number of rotatable bonds is 2. The summed E-state index contributed by atoms with van der Waals surface area (Å²) in [7, 11) is 0. The fraction of sp³-hybridized carbons (Fsp3) is 0.0769. The molecule has 0 aliphatic rings. The summed E-state index contributed by atoms with van der Waals surface area (Å²) < 4.78 is 0. The third kappa shape index (κ3) is 2.81. The number of amides is 1. The predicted octanol–water partition coefficient (Wildman–Crippen LogP) is 2.00. The van der Waals surface area contributed by atoms with Crippen molar-refractivity contribution in [1.29, 1.82) is 0 Å². The lowest BCUT2D eigenvalue weighted by atomic mass is 10.1. The van der Waals surface area contributed by atoms with Gasteiger partial charge in [0.15, 0.2) is 0 Å². The lowest BCUT2D eigenvalue weighted by molar-refractivity contribution is -0.114. The van der Waals surface area contributed by atoms with Gasteiger partial charge in [0.25, 0.3) is 0 Å². The fourth-order valence-electron chi connectivity index (χ4n) is 1.60. The number of anilines is 1. The van der Waals surface area contributed by atoms with Gasteiger partial charge in [0.1, 0.15) is 0 Å². The molecule has 0 unspecified atom stereocenters. The van der Waals surface area contributed by atoms with E-state index in [0.29, 0.717) is 0 Å². The summed E-state index contributed by atoms with van der Waals surface area (Å²) in [5.41, 5.74) is 2.28. The van der Waals surface area contributed by atoms with Crippen LogP contribution in [0, 0.1) is 0 Å². The van der Waals surface area contributed by atoms with Crippen LogP contribution in [0.4, 0.5) is 5.69 Å². The van der Waals surface area contributed by atoms with Crippen LogP contribution in [-0.2, 0) is 4.79 Å². The molecule has 0 atom stereocenters. The topological polar surface area (TPSA) is 62.0 Å². The molecule has 4 nitrogen and oxygen atoms in total. The van der Waals surface area contributed by atoms with Crippen LogP contribution >= 0.6 is 0 Å². The Morgan fingerprint density at radius 2 is 1.94 bits per heavy atom. The molecule has 2 rings (SSSR count). The SMILES string of the molecule is CC(=O)Nc1cccc(-c2cc[nH]c(=O)c2)c1. The minimum Gasteiger partial charge on any atom is -0.329 e. The van der Waals surface area contributed by atoms with Gasteiger partial charge in [-0.05, 0) is 29.3 Å². The van der Waals surface area contributed by atoms with Crippen molar-refractivity contribution in [3.05, 3.63) is 52.9 Å². The standard InChI is InChI=1S/C13H12N2O2/c1-9(16)15-12-4-2-3-10(7-12)11-5-6-14-13(17)8-11/h2-8H,1H3,(H,14,17)(H,15,16). The van der Waals surface area contributed by atoms with Gasteiger partial charge >= 0.3 is 0 Å². The van der Waals surface area contributed by atoms with E-state index >= 15 is 0 Å². The van der Waals surface area contributed by atoms with Crippen molar-refractivity contribution in [2.24, 2.45) is 0 Å². The molecule has 0 saturated carbocycles. The Bertz CT molecular complexity index is 602. The van der Waals surface area contributed by atoms with E-state index in [1.807, 2.05) is 24.3 Å². The van der Waals surface area contributed by atoms with Crippen molar-refractivity contribution in [2.75, 3.05) is 5.32 Å². The van der Waals surface area contributed by atoms with E-state index in [1.165, 1.54) is 13.0 Å². The summed E-state index contributed by atoms with van der Waals surface area (Å²) in [5.74, 6) is -0.118. The first-order valence-electron chi connectivity index (χ1n) is 5.22. The largest absolute Gasteiger partial charge is 0.329 e. The normalized spacial score (nSPS) is 9.94. The molecule has 86 valence electrons. The summed E-state index contributed by atoms with van der Waals surface area (Å²) in [5, 5.41) is 2.70. The van der Waals surface area contributed by atoms with Crippen molar-refractivity contribution >= 4 is 11.6 Å². The maximum absolute atomic E-state index is 11.2. The Hall–Kier alpha value is -2.36. The third-order valence-corrected chi connectivity index (χ3v) is 2.29. The molecule has 1 aromatic heterocycles. The van der Waals surface area contributed by atoms with Gasteiger partial charge in [-0.15, -0.1) is 0 Å². The van der Waals surface area contributed by atoms with Crippen molar-refractivity contribution in [2.45, 2.75) is 6.92 Å². The Morgan fingerprint density at radius 1 is 1.18 bits per heavy atom. The lowest BCUT2D eigenvalue weighted by Crippen LogP contribution is -2.06. The number of aromatic nitrogens is 1. The zero-order valence-electron chi connectivity index (χ0n) is 9.36. The number of aromatic amines is 1. The van der Waals surface area contributed by atoms with E-state index in [1.54, 1.807) is 12.3 Å². The number of hydrogen-bond donors (Lipinski definition) is 2. The monoisotopic (exact) mass is 228 g/mol. The minimum atomic E-state index is -0.146. The van der Waals surface area contributed by atoms with Crippen LogP contribution in [0.5, 0.6) is 0 Å². The van der Waals surface area contributed by atoms with E-state index in [0.717, 1.165) is 16.8 Å². The zero-order chi connectivity index (χ0) is 12.3. The van der Waals surface area contributed by atoms with E-state index in [2.05, 4.69) is 10.3 Å². The summed E-state index contributed by atoms with van der Waals surface area (Å²) >= 11 is 0. The lowest BCUT2D eigenvalue weighted by Gasteiger charge is -2.05. The molecule has 0 bridgehead atoms. The summed E-state index contributed by atoms with van der Waals surface area (Å²) in [6.07, 6.45) is 1.60. The number of nitrogens with one attached hydrogen (secondary N) is 2. The second-order valence-corrected chi connectivity index (χ2v) is 3.70. The van der Waals surface area contributed by atoms with Crippen LogP contribution in [0.15, 0.2) is 47.4 Å². The molecule has 0 aliphatic heterocycles. The molecule has 2 aromatic rings. The quantitative estimate of drug-likeness (QED) is 0.825. The maximum Gasteiger partial charge on any atom is 0.248 e. The van der Waals surface area contributed by atoms with Crippen molar-refractivity contribution in [1.82, 2.24) is 4.98 Å². The number of H-pyrrole nitrogens is 1. The Balaban J connectivity index is 2.39. The second-order valence-electron chi connectivity index (χ2n) is 3.70. The smallest absolute Gasteiger partial charge is 0.248 e. The van der Waals surface area contributed by atoms with Crippen LogP contribution in [0.2, 0.25) is 0 Å². The van der Waals surface area contributed by atoms with Gasteiger partial charge in [0.05, 0.1) is 0 Å². The minimum absolute atomic E-state index is 0.118. The summed E-state index contributed by atoms with van der Waals surface area (Å²) in [6, 6.07) is 10.7. The fourth-order valence-corrected chi connectivity index (χ4v) is 1.60. The van der Waals surface area contributed by atoms with E-state index in [9.17, 15) is 9.59 Å². The zero-order valence-corrected chi connectivity index (χ0v) is 9.36. The van der Waals surface area contributed by atoms with Crippen LogP contribution in [-0.4, -0.2) is 10.9 Å². The highest BCUT2D eigenvalue weighted by atomic mass is 16.1. The van der Waals surface area contributed by atoms with Crippen LogP contribution in [0.25, 0.3) is 11.1 Å². The molecule has 4 heteroatoms. The highest BCUT2D eigenvalue weighted by molar-refractivity contribution is 5.89. The van der Waals surface area contributed by atoms with Gasteiger partial charge in [0.2, 0.25) is 11.5 Å². The van der Waals surface area contributed by atoms with Crippen LogP contribution in [0.3, 0.4) is 0 Å². The second kappa shape index (κ2) is 4.65. The maximum atomic E-state index is 11.2. The first kappa shape index (κ1) is 11.1. The van der Waals surface area contributed by atoms with Gasteiger partial charge in [-0.1, -0.05) is 12.1 Å². The first-order chi connectivity index (χ1) is 8.15. The molecule has 1 heterocycles. The molecule has 0 fully saturated rings. The Labute approximate surface area is 98.3 Å². The van der Waals surface area contributed by atoms with Crippen molar-refractivity contribution in [3.63, 3.8) is 0 Å². The average Bonchev–Trinajstić information content (AvgIpc) is 2.28. The highest BCUT2D eigenvalue weighted by Crippen LogP contribution is 2.20. The molecule has 0 saturated heterocycles. The molecule has 1 aromatic carbocycles. The van der Waals surface area contributed by atoms with E-state index in [4.69, 9.17) is 0 Å². The molecule has 17 heavy (non-hydrogen) atoms. The Morgan fingerprint density at radius 3 is 2.65 bits per heavy atom. The molecular formula is C13H12N2O2. The van der Waals surface area contributed by atoms with Gasteiger partial charge in [0, 0.05) is 24.9 Å². The van der Waals surface area contributed by atoms with Crippen LogP contribution in [0.1, 0.15) is 6.92 Å². The number of pyridine rings is 1. The number of carbonyl (C=O) groups excluding carboxylic acids is 1. The van der Waals surface area contributed by atoms with Gasteiger partial charge < -0.3 is 10.3 Å². The Kier molecular flexibility index (Phi) is 3.05. The van der Waals surface area contributed by atoms with Crippen LogP contribution < -0.4 is 10.9 Å². The molecule has 0 radical (unpaired) electrons. The molecular weight excluding hydrogens is 216 g/mol. The molecule has 2 N–H and O–H groups in total. The molecule has 0 aliphatic carbocycles. The third-order valence-electron chi connectivity index (χ3n) is 2.29. The van der Waals surface area contributed by atoms with Gasteiger partial charge in [-0.25, -0.2) is 0 Å². The summed E-state index contributed by atoms with van der Waals surface area (Å²) in [4.78, 5) is 24.7. The summed E-state index contributed by atoms with van der Waals surface area (Å²) in [6.45, 7) is 1.46. The van der Waals surface area contributed by atoms with E-state index < -0.39 is 0 Å². The predicted molar refractivity (Wildman–Crippen MR) is 66.8 cm³/mol. The number of hydrogen-bond acceptors (Lipinski definition) is 2. The number of carbonyl (C=O) groups is 1. The molecule has 1 amide bonds. The van der Waals surface area contributed by atoms with E-state index in [-0.39, 0.29) is 11.5 Å². The highest BCUT2D eigenvalue weighted by Gasteiger charge is 2.00. The van der Waals surface area contributed by atoms with Gasteiger partial charge in [-0.2, -0.15) is 0 Å². The van der Waals surface area contributed by atoms with Gasteiger partial charge in [-0.3, -0.25) is 9.59 Å². The number of benzene rings is 1. The first-order valence-corrected chi connectivity index (χ1v) is 5.22.